The lowest BCUT2D eigenvalue weighted by molar-refractivity contribution is 0.0962. The smallest absolute Gasteiger partial charge is 0.0946 e. The Morgan fingerprint density at radius 2 is 2.06 bits per heavy atom. The molecule has 1 aromatic heterocycles. The van der Waals surface area contributed by atoms with Crippen molar-refractivity contribution in [3.63, 3.8) is 0 Å². The van der Waals surface area contributed by atoms with Gasteiger partial charge in [0.15, 0.2) is 0 Å². The van der Waals surface area contributed by atoms with Gasteiger partial charge >= 0.3 is 0 Å². The van der Waals surface area contributed by atoms with Gasteiger partial charge in [0.2, 0.25) is 0 Å². The summed E-state index contributed by atoms with van der Waals surface area (Å²) in [4.78, 5) is 9.33. The van der Waals surface area contributed by atoms with Crippen LogP contribution in [-0.2, 0) is 7.05 Å². The number of imidazole rings is 1. The van der Waals surface area contributed by atoms with Crippen molar-refractivity contribution >= 4 is 0 Å². The molecule has 1 unspecified atom stereocenters. The summed E-state index contributed by atoms with van der Waals surface area (Å²) in [6.45, 7) is 9.02. The number of hydrogen-bond acceptors (Lipinski definition) is 4. The predicted octanol–water partition coefficient (Wildman–Crippen LogP) is 0.318. The average molecular weight is 251 g/mol. The van der Waals surface area contributed by atoms with Crippen LogP contribution in [0.15, 0.2) is 12.5 Å². The van der Waals surface area contributed by atoms with Crippen LogP contribution in [0.25, 0.3) is 0 Å². The van der Waals surface area contributed by atoms with E-state index in [-0.39, 0.29) is 0 Å². The van der Waals surface area contributed by atoms with Crippen molar-refractivity contribution in [1.29, 1.82) is 0 Å². The molecule has 1 aliphatic heterocycles. The Bertz CT molecular complexity index is 354. The van der Waals surface area contributed by atoms with E-state index in [1.54, 1.807) is 0 Å². The summed E-state index contributed by atoms with van der Waals surface area (Å²) >= 11 is 0. The summed E-state index contributed by atoms with van der Waals surface area (Å²) < 4.78 is 2.13. The topological polar surface area (TPSA) is 36.3 Å². The van der Waals surface area contributed by atoms with Crippen molar-refractivity contribution in [3.05, 3.63) is 18.2 Å². The Morgan fingerprint density at radius 1 is 1.33 bits per heavy atom. The maximum atomic E-state index is 4.25. The SMILES string of the molecule is CCN1CCN(C(CNC)c2cncn2C)CC1. The second-order valence-electron chi connectivity index (χ2n) is 4.97. The van der Waals surface area contributed by atoms with Crippen molar-refractivity contribution in [2.24, 2.45) is 7.05 Å². The molecule has 0 amide bonds. The number of hydrogen-bond donors (Lipinski definition) is 1. The minimum absolute atomic E-state index is 0.432. The van der Waals surface area contributed by atoms with Crippen LogP contribution in [0, 0.1) is 0 Å². The van der Waals surface area contributed by atoms with E-state index in [0.717, 1.165) is 26.2 Å². The van der Waals surface area contributed by atoms with E-state index in [9.17, 15) is 0 Å². The lowest BCUT2D eigenvalue weighted by Crippen LogP contribution is -2.49. The van der Waals surface area contributed by atoms with Crippen LogP contribution in [-0.4, -0.2) is 65.7 Å². The number of likely N-dealkylation sites (N-methyl/N-ethyl adjacent to an activating group) is 2. The van der Waals surface area contributed by atoms with Crippen molar-refractivity contribution in [1.82, 2.24) is 24.7 Å². The molecule has 18 heavy (non-hydrogen) atoms. The fourth-order valence-electron chi connectivity index (χ4n) is 2.69. The van der Waals surface area contributed by atoms with E-state index in [4.69, 9.17) is 0 Å². The highest BCUT2D eigenvalue weighted by Gasteiger charge is 2.25. The van der Waals surface area contributed by atoms with Gasteiger partial charge in [0.05, 0.1) is 18.1 Å². The van der Waals surface area contributed by atoms with Gasteiger partial charge in [0.1, 0.15) is 0 Å². The first-order chi connectivity index (χ1) is 8.76. The molecule has 0 spiro atoms. The molecule has 1 aliphatic rings. The van der Waals surface area contributed by atoms with E-state index in [1.165, 1.54) is 18.8 Å². The molecule has 1 saturated heterocycles. The maximum absolute atomic E-state index is 4.25. The molecule has 102 valence electrons. The van der Waals surface area contributed by atoms with Gasteiger partial charge in [0, 0.05) is 46.0 Å². The monoisotopic (exact) mass is 251 g/mol. The van der Waals surface area contributed by atoms with Crippen molar-refractivity contribution in [3.8, 4) is 0 Å². The Labute approximate surface area is 110 Å². The van der Waals surface area contributed by atoms with E-state index < -0.39 is 0 Å². The number of rotatable bonds is 5. The molecule has 0 bridgehead atoms. The third-order valence-corrected chi connectivity index (χ3v) is 3.89. The summed E-state index contributed by atoms with van der Waals surface area (Å²) in [6, 6.07) is 0.432. The van der Waals surface area contributed by atoms with Crippen molar-refractivity contribution in [2.45, 2.75) is 13.0 Å². The fraction of sp³-hybridized carbons (Fsp3) is 0.769. The first-order valence-corrected chi connectivity index (χ1v) is 6.83. The Balaban J connectivity index is 2.05. The standard InChI is InChI=1S/C13H25N5/c1-4-17-5-7-18(8-6-17)13(9-14-2)12-10-15-11-16(12)3/h10-11,13-14H,4-9H2,1-3H3. The summed E-state index contributed by atoms with van der Waals surface area (Å²) in [5.74, 6) is 0. The van der Waals surface area contributed by atoms with Crippen LogP contribution in [0.3, 0.4) is 0 Å². The molecule has 2 rings (SSSR count). The van der Waals surface area contributed by atoms with Crippen LogP contribution < -0.4 is 5.32 Å². The summed E-state index contributed by atoms with van der Waals surface area (Å²) in [7, 11) is 4.10. The van der Waals surface area contributed by atoms with Crippen molar-refractivity contribution in [2.75, 3.05) is 46.3 Å². The molecule has 0 aromatic carbocycles. The van der Waals surface area contributed by atoms with Gasteiger partial charge in [-0.2, -0.15) is 0 Å². The second kappa shape index (κ2) is 6.31. The van der Waals surface area contributed by atoms with Gasteiger partial charge in [-0.25, -0.2) is 4.98 Å². The van der Waals surface area contributed by atoms with Gasteiger partial charge in [0.25, 0.3) is 0 Å². The molecule has 1 atom stereocenters. The van der Waals surface area contributed by atoms with E-state index in [2.05, 4.69) is 38.6 Å². The quantitative estimate of drug-likeness (QED) is 0.817. The fourth-order valence-corrected chi connectivity index (χ4v) is 2.69. The lowest BCUT2D eigenvalue weighted by Gasteiger charge is -2.39. The zero-order valence-corrected chi connectivity index (χ0v) is 11.8. The van der Waals surface area contributed by atoms with E-state index in [0.29, 0.717) is 6.04 Å². The van der Waals surface area contributed by atoms with Gasteiger partial charge in [-0.05, 0) is 13.6 Å². The zero-order valence-electron chi connectivity index (χ0n) is 11.8. The first-order valence-electron chi connectivity index (χ1n) is 6.83. The number of aryl methyl sites for hydroxylation is 1. The van der Waals surface area contributed by atoms with Crippen LogP contribution in [0.1, 0.15) is 18.7 Å². The minimum Gasteiger partial charge on any atom is -0.336 e. The molecule has 1 aromatic rings. The van der Waals surface area contributed by atoms with Gasteiger partial charge in [-0.3, -0.25) is 4.90 Å². The highest BCUT2D eigenvalue weighted by molar-refractivity contribution is 5.06. The molecule has 2 heterocycles. The molecule has 0 aliphatic carbocycles. The molecule has 1 fully saturated rings. The third kappa shape index (κ3) is 2.91. The van der Waals surface area contributed by atoms with E-state index >= 15 is 0 Å². The summed E-state index contributed by atoms with van der Waals surface area (Å²) in [5.41, 5.74) is 1.30. The molecule has 0 saturated carbocycles. The summed E-state index contributed by atoms with van der Waals surface area (Å²) in [6.07, 6.45) is 3.88. The Kier molecular flexibility index (Phi) is 4.74. The molecule has 5 nitrogen and oxygen atoms in total. The lowest BCUT2D eigenvalue weighted by atomic mass is 10.1. The molecule has 0 radical (unpaired) electrons. The number of nitrogens with zero attached hydrogens (tertiary/aromatic N) is 4. The number of nitrogens with one attached hydrogen (secondary N) is 1. The average Bonchev–Trinajstić information content (AvgIpc) is 2.82. The minimum atomic E-state index is 0.432. The summed E-state index contributed by atoms with van der Waals surface area (Å²) in [5, 5.41) is 3.31. The van der Waals surface area contributed by atoms with Crippen molar-refractivity contribution < 1.29 is 0 Å². The first kappa shape index (κ1) is 13.5. The number of aromatic nitrogens is 2. The predicted molar refractivity (Wildman–Crippen MR) is 73.6 cm³/mol. The van der Waals surface area contributed by atoms with Gasteiger partial charge < -0.3 is 14.8 Å². The molecule has 5 heteroatoms. The highest BCUT2D eigenvalue weighted by Crippen LogP contribution is 2.20. The largest absolute Gasteiger partial charge is 0.336 e. The number of piperazine rings is 1. The normalized spacial score (nSPS) is 20.2. The van der Waals surface area contributed by atoms with Crippen LogP contribution >= 0.6 is 0 Å². The van der Waals surface area contributed by atoms with E-state index in [1.807, 2.05) is 19.6 Å². The molecular weight excluding hydrogens is 226 g/mol. The maximum Gasteiger partial charge on any atom is 0.0946 e. The van der Waals surface area contributed by atoms with Crippen LogP contribution in [0.2, 0.25) is 0 Å². The molecular formula is C13H25N5. The van der Waals surface area contributed by atoms with Crippen LogP contribution in [0.5, 0.6) is 0 Å². The van der Waals surface area contributed by atoms with Gasteiger partial charge in [-0.1, -0.05) is 6.92 Å². The van der Waals surface area contributed by atoms with Gasteiger partial charge in [-0.15, -0.1) is 0 Å². The Hall–Kier alpha value is -0.910. The third-order valence-electron chi connectivity index (χ3n) is 3.89. The Morgan fingerprint density at radius 3 is 2.56 bits per heavy atom. The highest BCUT2D eigenvalue weighted by atomic mass is 15.3. The van der Waals surface area contributed by atoms with Crippen LogP contribution in [0.4, 0.5) is 0 Å². The second-order valence-corrected chi connectivity index (χ2v) is 4.97. The zero-order chi connectivity index (χ0) is 13.0. The molecule has 1 N–H and O–H groups in total.